The van der Waals surface area contributed by atoms with Crippen molar-refractivity contribution < 1.29 is 9.16 Å². The van der Waals surface area contributed by atoms with Crippen LogP contribution in [-0.2, 0) is 9.16 Å². The fourth-order valence-corrected chi connectivity index (χ4v) is 4.07. The summed E-state index contributed by atoms with van der Waals surface area (Å²) in [5.74, 6) is 1.75. The third kappa shape index (κ3) is 3.98. The van der Waals surface area contributed by atoms with Gasteiger partial charge in [0, 0.05) is 5.56 Å². The van der Waals surface area contributed by atoms with Crippen LogP contribution < -0.4 is 0 Å². The lowest BCUT2D eigenvalue weighted by molar-refractivity contribution is 0.322. The first-order chi connectivity index (χ1) is 10.0. The van der Waals surface area contributed by atoms with Crippen LogP contribution in [0.2, 0.25) is 19.6 Å². The molecule has 1 aromatic rings. The van der Waals surface area contributed by atoms with E-state index in [0.717, 1.165) is 12.2 Å². The number of hydrogen-bond acceptors (Lipinski definition) is 2. The molecular formula is C18H26O2Si. The van der Waals surface area contributed by atoms with Crippen LogP contribution >= 0.6 is 0 Å². The summed E-state index contributed by atoms with van der Waals surface area (Å²) in [4.78, 5) is 0. The van der Waals surface area contributed by atoms with Gasteiger partial charge in [-0.2, -0.15) is 0 Å². The van der Waals surface area contributed by atoms with Gasteiger partial charge in [0.25, 0.3) is 0 Å². The quantitative estimate of drug-likeness (QED) is 0.441. The summed E-state index contributed by atoms with van der Waals surface area (Å²) in [6.45, 7) is 6.72. The highest BCUT2D eigenvalue weighted by atomic mass is 28.4. The van der Waals surface area contributed by atoms with E-state index in [-0.39, 0.29) is 0 Å². The molecule has 2 aliphatic rings. The second-order valence-electron chi connectivity index (χ2n) is 7.21. The Morgan fingerprint density at radius 2 is 2.00 bits per heavy atom. The number of rotatable bonds is 5. The highest BCUT2D eigenvalue weighted by Crippen LogP contribution is 2.42. The summed E-state index contributed by atoms with van der Waals surface area (Å²) in [5, 5.41) is 0. The molecule has 0 aromatic heterocycles. The molecule has 0 spiro atoms. The van der Waals surface area contributed by atoms with Gasteiger partial charge in [-0.25, -0.2) is 0 Å². The Balaban J connectivity index is 1.73. The van der Waals surface area contributed by atoms with Crippen molar-refractivity contribution in [3.63, 3.8) is 0 Å². The van der Waals surface area contributed by atoms with Crippen molar-refractivity contribution in [2.24, 2.45) is 5.92 Å². The number of allylic oxidation sites excluding steroid dienone is 1. The van der Waals surface area contributed by atoms with Crippen LogP contribution in [0.15, 0.2) is 36.4 Å². The second kappa shape index (κ2) is 5.97. The summed E-state index contributed by atoms with van der Waals surface area (Å²) < 4.78 is 12.1. The Bertz CT molecular complexity index is 504. The third-order valence-electron chi connectivity index (χ3n) is 4.23. The number of ether oxygens (including phenoxy) is 1. The normalized spacial score (nSPS) is 28.9. The molecular weight excluding hydrogens is 276 g/mol. The van der Waals surface area contributed by atoms with Crippen molar-refractivity contribution in [3.8, 4) is 0 Å². The van der Waals surface area contributed by atoms with Crippen LogP contribution in [0, 0.1) is 5.92 Å². The SMILES string of the molecule is C[Si](C)(C)O/C(=C\C[C@H]1CCC[C@H]2O[C@@H]12)c1ccccc1. The summed E-state index contributed by atoms with van der Waals surface area (Å²) in [6.07, 6.45) is 8.36. The molecule has 0 bridgehead atoms. The maximum Gasteiger partial charge on any atom is 0.242 e. The topological polar surface area (TPSA) is 21.8 Å². The predicted octanol–water partition coefficient (Wildman–Crippen LogP) is 4.84. The van der Waals surface area contributed by atoms with E-state index in [0.29, 0.717) is 18.1 Å². The van der Waals surface area contributed by atoms with Crippen LogP contribution in [0.1, 0.15) is 31.2 Å². The van der Waals surface area contributed by atoms with Crippen molar-refractivity contribution in [2.45, 2.75) is 57.5 Å². The van der Waals surface area contributed by atoms with E-state index < -0.39 is 8.32 Å². The zero-order chi connectivity index (χ0) is 14.9. The van der Waals surface area contributed by atoms with E-state index in [4.69, 9.17) is 9.16 Å². The maximum absolute atomic E-state index is 6.32. The number of epoxide rings is 1. The van der Waals surface area contributed by atoms with E-state index in [9.17, 15) is 0 Å². The molecule has 1 heterocycles. The van der Waals surface area contributed by atoms with E-state index in [1.807, 2.05) is 0 Å². The molecule has 3 atom stereocenters. The van der Waals surface area contributed by atoms with E-state index >= 15 is 0 Å². The van der Waals surface area contributed by atoms with Crippen molar-refractivity contribution in [3.05, 3.63) is 42.0 Å². The lowest BCUT2D eigenvalue weighted by Gasteiger charge is -2.23. The highest BCUT2D eigenvalue weighted by Gasteiger charge is 2.46. The Labute approximate surface area is 129 Å². The van der Waals surface area contributed by atoms with Gasteiger partial charge in [0.1, 0.15) is 5.76 Å². The minimum atomic E-state index is -1.60. The largest absolute Gasteiger partial charge is 0.544 e. The van der Waals surface area contributed by atoms with E-state index in [1.54, 1.807) is 0 Å². The number of fused-ring (bicyclic) bond motifs is 1. The predicted molar refractivity (Wildman–Crippen MR) is 89.5 cm³/mol. The Kier molecular flexibility index (Phi) is 4.23. The molecule has 1 aliphatic carbocycles. The van der Waals surface area contributed by atoms with Gasteiger partial charge in [0.05, 0.1) is 12.2 Å². The fourth-order valence-electron chi connectivity index (χ4n) is 3.21. The molecule has 1 saturated carbocycles. The Morgan fingerprint density at radius 1 is 1.24 bits per heavy atom. The average Bonchev–Trinajstić information content (AvgIpc) is 3.23. The smallest absolute Gasteiger partial charge is 0.242 e. The zero-order valence-corrected chi connectivity index (χ0v) is 14.3. The summed E-state index contributed by atoms with van der Waals surface area (Å²) in [7, 11) is -1.60. The second-order valence-corrected chi connectivity index (χ2v) is 11.6. The molecule has 21 heavy (non-hydrogen) atoms. The molecule has 0 unspecified atom stereocenters. The zero-order valence-electron chi connectivity index (χ0n) is 13.3. The van der Waals surface area contributed by atoms with Crippen LogP contribution in [0.5, 0.6) is 0 Å². The van der Waals surface area contributed by atoms with E-state index in [2.05, 4.69) is 56.0 Å². The average molecular weight is 302 g/mol. The molecule has 2 fully saturated rings. The molecule has 114 valence electrons. The number of hydrogen-bond donors (Lipinski definition) is 0. The van der Waals surface area contributed by atoms with Gasteiger partial charge in [-0.1, -0.05) is 36.8 Å². The molecule has 1 aromatic carbocycles. The molecule has 0 amide bonds. The molecule has 2 nitrogen and oxygen atoms in total. The first-order valence-corrected chi connectivity index (χ1v) is 11.5. The van der Waals surface area contributed by atoms with Gasteiger partial charge in [0.2, 0.25) is 8.32 Å². The van der Waals surface area contributed by atoms with Gasteiger partial charge in [-0.05, 0) is 50.9 Å². The first kappa shape index (κ1) is 14.9. The van der Waals surface area contributed by atoms with Crippen molar-refractivity contribution in [2.75, 3.05) is 0 Å². The van der Waals surface area contributed by atoms with E-state index in [1.165, 1.54) is 24.8 Å². The van der Waals surface area contributed by atoms with Gasteiger partial charge in [-0.15, -0.1) is 0 Å². The first-order valence-electron chi connectivity index (χ1n) is 8.13. The Hall–Kier alpha value is -1.06. The minimum Gasteiger partial charge on any atom is -0.544 e. The lowest BCUT2D eigenvalue weighted by Crippen LogP contribution is -2.24. The Morgan fingerprint density at radius 3 is 2.71 bits per heavy atom. The van der Waals surface area contributed by atoms with Crippen molar-refractivity contribution in [1.29, 1.82) is 0 Å². The number of benzene rings is 1. The van der Waals surface area contributed by atoms with Crippen LogP contribution in [0.4, 0.5) is 0 Å². The molecule has 1 saturated heterocycles. The van der Waals surface area contributed by atoms with Gasteiger partial charge < -0.3 is 9.16 Å². The molecule has 0 N–H and O–H groups in total. The van der Waals surface area contributed by atoms with Crippen molar-refractivity contribution in [1.82, 2.24) is 0 Å². The summed E-state index contributed by atoms with van der Waals surface area (Å²) >= 11 is 0. The molecule has 1 aliphatic heterocycles. The van der Waals surface area contributed by atoms with Crippen molar-refractivity contribution >= 4 is 14.1 Å². The molecule has 3 rings (SSSR count). The maximum atomic E-state index is 6.32. The lowest BCUT2D eigenvalue weighted by atomic mass is 9.86. The third-order valence-corrected chi connectivity index (χ3v) is 5.06. The summed E-state index contributed by atoms with van der Waals surface area (Å²) in [6, 6.07) is 10.5. The minimum absolute atomic E-state index is 0.527. The van der Waals surface area contributed by atoms with Crippen LogP contribution in [-0.4, -0.2) is 20.5 Å². The van der Waals surface area contributed by atoms with Crippen LogP contribution in [0.25, 0.3) is 5.76 Å². The van der Waals surface area contributed by atoms with Gasteiger partial charge in [-0.3, -0.25) is 0 Å². The standard InChI is InChI=1S/C18H26O2Si/c1-21(2,3)20-16(14-8-5-4-6-9-14)13-12-15-10-7-11-17-18(15)19-17/h4-6,8-9,13,15,17-18H,7,10-12H2,1-3H3/b16-13-/t15-,17-,18+/m1/s1. The molecule has 3 heteroatoms. The van der Waals surface area contributed by atoms with Crippen LogP contribution in [0.3, 0.4) is 0 Å². The van der Waals surface area contributed by atoms with Gasteiger partial charge >= 0.3 is 0 Å². The van der Waals surface area contributed by atoms with Gasteiger partial charge in [0.15, 0.2) is 0 Å². The summed E-state index contributed by atoms with van der Waals surface area (Å²) in [5.41, 5.74) is 1.20. The fraction of sp³-hybridized carbons (Fsp3) is 0.556. The highest BCUT2D eigenvalue weighted by molar-refractivity contribution is 6.70. The molecule has 0 radical (unpaired) electrons. The monoisotopic (exact) mass is 302 g/mol.